The molecule has 1 aliphatic heterocycles. The van der Waals surface area contributed by atoms with E-state index in [1.807, 2.05) is 13.8 Å². The Morgan fingerprint density at radius 1 is 1.16 bits per heavy atom. The van der Waals surface area contributed by atoms with Gasteiger partial charge in [0.05, 0.1) is 6.26 Å². The van der Waals surface area contributed by atoms with E-state index in [2.05, 4.69) is 20.5 Å². The van der Waals surface area contributed by atoms with E-state index in [0.717, 1.165) is 5.96 Å². The van der Waals surface area contributed by atoms with Gasteiger partial charge in [-0.2, -0.15) is 0 Å². The van der Waals surface area contributed by atoms with Crippen LogP contribution in [0.25, 0.3) is 0 Å². The van der Waals surface area contributed by atoms with E-state index in [1.165, 1.54) is 6.26 Å². The summed E-state index contributed by atoms with van der Waals surface area (Å²) in [6.45, 7) is 7.52. The molecule has 2 rings (SSSR count). The fourth-order valence-corrected chi connectivity index (χ4v) is 2.57. The van der Waals surface area contributed by atoms with Crippen molar-refractivity contribution in [3.8, 4) is 0 Å². The van der Waals surface area contributed by atoms with E-state index in [9.17, 15) is 9.59 Å². The number of piperazine rings is 1. The average Bonchev–Trinajstić information content (AvgIpc) is 3.16. The minimum Gasteiger partial charge on any atom is -0.459 e. The van der Waals surface area contributed by atoms with Crippen LogP contribution in [0.3, 0.4) is 0 Å². The number of amides is 2. The first-order valence-corrected chi connectivity index (χ1v) is 8.59. The van der Waals surface area contributed by atoms with Crippen molar-refractivity contribution in [3.63, 3.8) is 0 Å². The second-order valence-corrected chi connectivity index (χ2v) is 6.18. The highest BCUT2D eigenvalue weighted by atomic mass is 16.3. The van der Waals surface area contributed by atoms with Gasteiger partial charge in [0, 0.05) is 52.2 Å². The predicted octanol–water partition coefficient (Wildman–Crippen LogP) is 0.385. The largest absolute Gasteiger partial charge is 0.459 e. The van der Waals surface area contributed by atoms with Gasteiger partial charge in [0.25, 0.3) is 5.91 Å². The smallest absolute Gasteiger partial charge is 0.289 e. The first-order valence-electron chi connectivity index (χ1n) is 8.59. The third kappa shape index (κ3) is 5.23. The highest BCUT2D eigenvalue weighted by molar-refractivity contribution is 5.91. The molecule has 1 fully saturated rings. The third-order valence-electron chi connectivity index (χ3n) is 4.04. The van der Waals surface area contributed by atoms with Crippen LogP contribution in [0.4, 0.5) is 0 Å². The maximum Gasteiger partial charge on any atom is 0.289 e. The molecule has 0 aliphatic carbocycles. The molecule has 1 aromatic heterocycles. The first kappa shape index (κ1) is 18.8. The summed E-state index contributed by atoms with van der Waals surface area (Å²) in [4.78, 5) is 32.0. The van der Waals surface area contributed by atoms with E-state index in [-0.39, 0.29) is 17.7 Å². The molecule has 138 valence electrons. The lowest BCUT2D eigenvalue weighted by Crippen LogP contribution is -2.54. The van der Waals surface area contributed by atoms with E-state index < -0.39 is 0 Å². The zero-order chi connectivity index (χ0) is 18.2. The molecule has 8 heteroatoms. The molecule has 0 bridgehead atoms. The van der Waals surface area contributed by atoms with Crippen molar-refractivity contribution in [2.45, 2.75) is 13.8 Å². The minimum absolute atomic E-state index is 0.0147. The van der Waals surface area contributed by atoms with Crippen LogP contribution in [0.1, 0.15) is 24.4 Å². The Morgan fingerprint density at radius 3 is 2.36 bits per heavy atom. The van der Waals surface area contributed by atoms with Crippen LogP contribution in [-0.2, 0) is 4.79 Å². The Labute approximate surface area is 148 Å². The Kier molecular flexibility index (Phi) is 6.85. The number of furan rings is 1. The van der Waals surface area contributed by atoms with Crippen molar-refractivity contribution in [3.05, 3.63) is 24.2 Å². The van der Waals surface area contributed by atoms with Gasteiger partial charge >= 0.3 is 0 Å². The van der Waals surface area contributed by atoms with Gasteiger partial charge in [0.2, 0.25) is 5.91 Å². The van der Waals surface area contributed by atoms with Crippen molar-refractivity contribution in [2.75, 3.05) is 46.3 Å². The highest BCUT2D eigenvalue weighted by Gasteiger charge is 2.25. The van der Waals surface area contributed by atoms with Crippen LogP contribution in [-0.4, -0.2) is 73.9 Å². The lowest BCUT2D eigenvalue weighted by Gasteiger charge is -2.36. The monoisotopic (exact) mass is 349 g/mol. The first-order chi connectivity index (χ1) is 12.0. The van der Waals surface area contributed by atoms with E-state index >= 15 is 0 Å². The molecule has 2 N–H and O–H groups in total. The number of hydrogen-bond donors (Lipinski definition) is 2. The number of rotatable bonds is 5. The van der Waals surface area contributed by atoms with Crippen molar-refractivity contribution >= 4 is 17.8 Å². The maximum atomic E-state index is 12.3. The Balaban J connectivity index is 1.74. The normalized spacial score (nSPS) is 15.4. The Hall–Kier alpha value is -2.51. The van der Waals surface area contributed by atoms with Crippen LogP contribution in [0.15, 0.2) is 27.8 Å². The molecule has 1 saturated heterocycles. The number of nitrogens with zero attached hydrogens (tertiary/aromatic N) is 3. The number of nitrogens with one attached hydrogen (secondary N) is 2. The SMILES string of the molecule is CN=C(NCCNC(=O)C(C)C)N1CCN(C(=O)c2ccco2)CC1. The molecule has 8 nitrogen and oxygen atoms in total. The predicted molar refractivity (Wildman–Crippen MR) is 95.4 cm³/mol. The molecular weight excluding hydrogens is 322 g/mol. The summed E-state index contributed by atoms with van der Waals surface area (Å²) in [6, 6.07) is 3.40. The van der Waals surface area contributed by atoms with Crippen LogP contribution in [0, 0.1) is 5.92 Å². The number of guanidine groups is 1. The lowest BCUT2D eigenvalue weighted by atomic mass is 10.2. The van der Waals surface area contributed by atoms with Crippen LogP contribution in [0.2, 0.25) is 0 Å². The second kappa shape index (κ2) is 9.10. The Morgan fingerprint density at radius 2 is 1.80 bits per heavy atom. The number of carbonyl (C=O) groups is 2. The lowest BCUT2D eigenvalue weighted by molar-refractivity contribution is -0.123. The number of hydrogen-bond acceptors (Lipinski definition) is 4. The van der Waals surface area contributed by atoms with Gasteiger partial charge in [-0.3, -0.25) is 14.6 Å². The molecule has 0 atom stereocenters. The molecule has 0 spiro atoms. The molecule has 2 amide bonds. The molecule has 0 aromatic carbocycles. The fourth-order valence-electron chi connectivity index (χ4n) is 2.57. The Bertz CT molecular complexity index is 589. The molecule has 1 aromatic rings. The molecule has 0 radical (unpaired) electrons. The maximum absolute atomic E-state index is 12.3. The number of aliphatic imine (C=N–C) groups is 1. The summed E-state index contributed by atoms with van der Waals surface area (Å²) in [5, 5.41) is 6.11. The van der Waals surface area contributed by atoms with Crippen molar-refractivity contribution in [2.24, 2.45) is 10.9 Å². The summed E-state index contributed by atoms with van der Waals surface area (Å²) in [6.07, 6.45) is 1.51. The standard InChI is InChI=1S/C17H27N5O3/c1-13(2)15(23)19-6-7-20-17(18-3)22-10-8-21(9-11-22)16(24)14-5-4-12-25-14/h4-5,12-13H,6-11H2,1-3H3,(H,18,20)(H,19,23). The minimum atomic E-state index is -0.0796. The van der Waals surface area contributed by atoms with Crippen molar-refractivity contribution in [1.29, 1.82) is 0 Å². The molecule has 0 unspecified atom stereocenters. The molecule has 25 heavy (non-hydrogen) atoms. The van der Waals surface area contributed by atoms with Gasteiger partial charge < -0.3 is 24.9 Å². The van der Waals surface area contributed by atoms with Gasteiger partial charge in [-0.15, -0.1) is 0 Å². The molecule has 0 saturated carbocycles. The summed E-state index contributed by atoms with van der Waals surface area (Å²) in [5.41, 5.74) is 0. The van der Waals surface area contributed by atoms with Gasteiger partial charge in [0.15, 0.2) is 11.7 Å². The fraction of sp³-hybridized carbons (Fsp3) is 0.588. The van der Waals surface area contributed by atoms with Crippen molar-refractivity contribution < 1.29 is 14.0 Å². The van der Waals surface area contributed by atoms with Gasteiger partial charge in [-0.05, 0) is 12.1 Å². The molecular formula is C17H27N5O3. The summed E-state index contributed by atoms with van der Waals surface area (Å²) in [5.74, 6) is 1.10. The zero-order valence-corrected chi connectivity index (χ0v) is 15.1. The third-order valence-corrected chi connectivity index (χ3v) is 4.04. The van der Waals surface area contributed by atoms with Crippen LogP contribution in [0.5, 0.6) is 0 Å². The highest BCUT2D eigenvalue weighted by Crippen LogP contribution is 2.09. The van der Waals surface area contributed by atoms with Crippen LogP contribution >= 0.6 is 0 Å². The van der Waals surface area contributed by atoms with Gasteiger partial charge in [-0.25, -0.2) is 0 Å². The zero-order valence-electron chi connectivity index (χ0n) is 15.1. The average molecular weight is 349 g/mol. The van der Waals surface area contributed by atoms with E-state index in [1.54, 1.807) is 24.1 Å². The molecule has 1 aliphatic rings. The molecule has 2 heterocycles. The summed E-state index contributed by atoms with van der Waals surface area (Å²) in [7, 11) is 1.73. The van der Waals surface area contributed by atoms with E-state index in [0.29, 0.717) is 45.0 Å². The van der Waals surface area contributed by atoms with Gasteiger partial charge in [-0.1, -0.05) is 13.8 Å². The summed E-state index contributed by atoms with van der Waals surface area (Å²) >= 11 is 0. The summed E-state index contributed by atoms with van der Waals surface area (Å²) < 4.78 is 5.17. The topological polar surface area (TPSA) is 90.2 Å². The van der Waals surface area contributed by atoms with Gasteiger partial charge in [0.1, 0.15) is 0 Å². The van der Waals surface area contributed by atoms with E-state index in [4.69, 9.17) is 4.42 Å². The second-order valence-electron chi connectivity index (χ2n) is 6.18. The van der Waals surface area contributed by atoms with Crippen LogP contribution < -0.4 is 10.6 Å². The number of carbonyl (C=O) groups excluding carboxylic acids is 2. The quantitative estimate of drug-likeness (QED) is 0.456. The van der Waals surface area contributed by atoms with Crippen molar-refractivity contribution in [1.82, 2.24) is 20.4 Å².